The first-order valence-electron chi connectivity index (χ1n) is 8.67. The fourth-order valence-electron chi connectivity index (χ4n) is 2.79. The van der Waals surface area contributed by atoms with Crippen molar-refractivity contribution in [3.05, 3.63) is 66.2 Å². The number of thioether (sulfide) groups is 1. The van der Waals surface area contributed by atoms with Gasteiger partial charge in [0.05, 0.1) is 13.2 Å². The van der Waals surface area contributed by atoms with Gasteiger partial charge in [-0.1, -0.05) is 48.5 Å². The third kappa shape index (κ3) is 5.59. The van der Waals surface area contributed by atoms with Gasteiger partial charge in [0, 0.05) is 31.1 Å². The Morgan fingerprint density at radius 3 is 2.36 bits per heavy atom. The highest BCUT2D eigenvalue weighted by Gasteiger charge is 2.22. The summed E-state index contributed by atoms with van der Waals surface area (Å²) in [7, 11) is 0. The van der Waals surface area contributed by atoms with Crippen LogP contribution < -0.4 is 5.32 Å². The Morgan fingerprint density at radius 2 is 1.68 bits per heavy atom. The summed E-state index contributed by atoms with van der Waals surface area (Å²) in [5.41, 5.74) is 1.03. The molecule has 1 amide bonds. The maximum Gasteiger partial charge on any atom is 0.238 e. The Hall–Kier alpha value is -1.82. The number of rotatable bonds is 7. The molecule has 0 saturated carbocycles. The lowest BCUT2D eigenvalue weighted by Crippen LogP contribution is -2.42. The number of ether oxygens (including phenoxy) is 1. The van der Waals surface area contributed by atoms with Crippen LogP contribution in [0.3, 0.4) is 0 Å². The lowest BCUT2D eigenvalue weighted by Gasteiger charge is -2.26. The van der Waals surface area contributed by atoms with Gasteiger partial charge >= 0.3 is 0 Å². The Balaban J connectivity index is 1.60. The summed E-state index contributed by atoms with van der Waals surface area (Å²) in [6.45, 7) is 4.98. The van der Waals surface area contributed by atoms with Crippen molar-refractivity contribution in [3.8, 4) is 0 Å². The fraction of sp³-hybridized carbons (Fsp3) is 0.350. The molecule has 0 aliphatic carbocycles. The first-order valence-corrected chi connectivity index (χ1v) is 9.55. The van der Waals surface area contributed by atoms with Crippen LogP contribution in [0.5, 0.6) is 0 Å². The zero-order valence-electron chi connectivity index (χ0n) is 14.3. The lowest BCUT2D eigenvalue weighted by atomic mass is 10.1. The molecule has 1 saturated heterocycles. The second kappa shape index (κ2) is 9.61. The van der Waals surface area contributed by atoms with Gasteiger partial charge in [0.2, 0.25) is 5.91 Å². The minimum Gasteiger partial charge on any atom is -0.379 e. The van der Waals surface area contributed by atoms with Crippen molar-refractivity contribution in [3.63, 3.8) is 0 Å². The van der Waals surface area contributed by atoms with Gasteiger partial charge in [0.1, 0.15) is 5.25 Å². The summed E-state index contributed by atoms with van der Waals surface area (Å²) in [4.78, 5) is 16.2. The molecule has 0 spiro atoms. The van der Waals surface area contributed by atoms with E-state index in [9.17, 15) is 4.79 Å². The summed E-state index contributed by atoms with van der Waals surface area (Å²) in [6, 6.07) is 20.0. The van der Waals surface area contributed by atoms with Gasteiger partial charge in [-0.3, -0.25) is 9.69 Å². The summed E-state index contributed by atoms with van der Waals surface area (Å²) in [5.74, 6) is 0.0633. The highest BCUT2D eigenvalue weighted by atomic mass is 32.2. The minimum absolute atomic E-state index is 0.0633. The topological polar surface area (TPSA) is 41.6 Å². The quantitative estimate of drug-likeness (QED) is 0.775. The molecule has 0 unspecified atom stereocenters. The van der Waals surface area contributed by atoms with Crippen molar-refractivity contribution in [2.24, 2.45) is 0 Å². The monoisotopic (exact) mass is 356 g/mol. The molecule has 25 heavy (non-hydrogen) atoms. The normalized spacial score (nSPS) is 16.3. The van der Waals surface area contributed by atoms with Gasteiger partial charge in [0.15, 0.2) is 0 Å². The van der Waals surface area contributed by atoms with Crippen molar-refractivity contribution in [1.82, 2.24) is 10.2 Å². The fourth-order valence-corrected chi connectivity index (χ4v) is 3.86. The zero-order chi connectivity index (χ0) is 17.3. The number of amides is 1. The molecule has 3 rings (SSSR count). The molecule has 1 aliphatic rings. The smallest absolute Gasteiger partial charge is 0.238 e. The highest BCUT2D eigenvalue weighted by molar-refractivity contribution is 8.00. The van der Waals surface area contributed by atoms with Crippen molar-refractivity contribution in [2.75, 3.05) is 39.4 Å². The summed E-state index contributed by atoms with van der Waals surface area (Å²) in [6.07, 6.45) is 0. The van der Waals surface area contributed by atoms with E-state index in [2.05, 4.69) is 10.2 Å². The van der Waals surface area contributed by atoms with E-state index in [0.29, 0.717) is 6.54 Å². The minimum atomic E-state index is -0.242. The molecular formula is C20H24N2O2S. The molecule has 1 N–H and O–H groups in total. The molecule has 1 fully saturated rings. The molecule has 0 radical (unpaired) electrons. The number of hydrogen-bond acceptors (Lipinski definition) is 4. The number of hydrogen-bond donors (Lipinski definition) is 1. The number of benzene rings is 2. The van der Waals surface area contributed by atoms with Crippen molar-refractivity contribution in [2.45, 2.75) is 10.1 Å². The largest absolute Gasteiger partial charge is 0.379 e. The Labute approximate surface area is 153 Å². The third-order valence-corrected chi connectivity index (χ3v) is 5.43. The Morgan fingerprint density at radius 1 is 1.04 bits per heavy atom. The number of carbonyl (C=O) groups excluding carboxylic acids is 1. The third-order valence-electron chi connectivity index (χ3n) is 4.17. The highest BCUT2D eigenvalue weighted by Crippen LogP contribution is 2.35. The van der Waals surface area contributed by atoms with E-state index in [-0.39, 0.29) is 11.2 Å². The van der Waals surface area contributed by atoms with Crippen LogP contribution in [0, 0.1) is 0 Å². The van der Waals surface area contributed by atoms with Gasteiger partial charge in [0.25, 0.3) is 0 Å². The molecule has 0 aromatic heterocycles. The lowest BCUT2D eigenvalue weighted by molar-refractivity contribution is -0.120. The van der Waals surface area contributed by atoms with E-state index in [4.69, 9.17) is 4.74 Å². The van der Waals surface area contributed by atoms with E-state index in [1.807, 2.05) is 60.7 Å². The second-order valence-corrected chi connectivity index (χ2v) is 7.15. The van der Waals surface area contributed by atoms with Gasteiger partial charge in [-0.25, -0.2) is 0 Å². The first kappa shape index (κ1) is 18.0. The zero-order valence-corrected chi connectivity index (χ0v) is 15.1. The van der Waals surface area contributed by atoms with E-state index in [0.717, 1.165) is 43.3 Å². The predicted molar refractivity (Wildman–Crippen MR) is 102 cm³/mol. The molecular weight excluding hydrogens is 332 g/mol. The van der Waals surface area contributed by atoms with Crippen LogP contribution in [0.25, 0.3) is 0 Å². The first-order chi connectivity index (χ1) is 12.3. The van der Waals surface area contributed by atoms with Crippen LogP contribution in [0.2, 0.25) is 0 Å². The molecule has 1 heterocycles. The maximum atomic E-state index is 12.8. The Kier molecular flexibility index (Phi) is 6.91. The van der Waals surface area contributed by atoms with Gasteiger partial charge in [-0.05, 0) is 17.7 Å². The van der Waals surface area contributed by atoms with Crippen LogP contribution in [-0.2, 0) is 9.53 Å². The summed E-state index contributed by atoms with van der Waals surface area (Å²) >= 11 is 1.59. The molecule has 1 atom stereocenters. The van der Waals surface area contributed by atoms with Crippen LogP contribution in [0.4, 0.5) is 0 Å². The molecule has 0 bridgehead atoms. The van der Waals surface area contributed by atoms with Crippen LogP contribution >= 0.6 is 11.8 Å². The average Bonchev–Trinajstić information content (AvgIpc) is 2.68. The molecule has 4 nitrogen and oxygen atoms in total. The van der Waals surface area contributed by atoms with Crippen molar-refractivity contribution in [1.29, 1.82) is 0 Å². The van der Waals surface area contributed by atoms with E-state index < -0.39 is 0 Å². The van der Waals surface area contributed by atoms with Gasteiger partial charge in [-0.2, -0.15) is 0 Å². The molecule has 5 heteroatoms. The van der Waals surface area contributed by atoms with Crippen molar-refractivity contribution >= 4 is 17.7 Å². The van der Waals surface area contributed by atoms with Crippen LogP contribution in [-0.4, -0.2) is 50.2 Å². The number of carbonyl (C=O) groups is 1. The van der Waals surface area contributed by atoms with E-state index in [1.54, 1.807) is 11.8 Å². The maximum absolute atomic E-state index is 12.8. The molecule has 2 aromatic carbocycles. The van der Waals surface area contributed by atoms with Crippen molar-refractivity contribution < 1.29 is 9.53 Å². The summed E-state index contributed by atoms with van der Waals surface area (Å²) < 4.78 is 5.36. The molecule has 2 aromatic rings. The van der Waals surface area contributed by atoms with Gasteiger partial charge in [-0.15, -0.1) is 11.8 Å². The standard InChI is InChI=1S/C20H24N2O2S/c23-20(21-11-12-22-13-15-24-16-14-22)19(17-7-3-1-4-8-17)25-18-9-5-2-6-10-18/h1-10,19H,11-16H2,(H,21,23)/t19-/m1/s1. The average molecular weight is 356 g/mol. The van der Waals surface area contributed by atoms with Gasteiger partial charge < -0.3 is 10.1 Å². The second-order valence-electron chi connectivity index (χ2n) is 5.97. The summed E-state index contributed by atoms with van der Waals surface area (Å²) in [5, 5.41) is 2.86. The van der Waals surface area contributed by atoms with Crippen LogP contribution in [0.1, 0.15) is 10.8 Å². The van der Waals surface area contributed by atoms with Crippen LogP contribution in [0.15, 0.2) is 65.6 Å². The van der Waals surface area contributed by atoms with E-state index >= 15 is 0 Å². The predicted octanol–water partition coefficient (Wildman–Crippen LogP) is 2.97. The number of nitrogens with one attached hydrogen (secondary N) is 1. The van der Waals surface area contributed by atoms with E-state index in [1.165, 1.54) is 0 Å². The SMILES string of the molecule is O=C(NCCN1CCOCC1)[C@H](Sc1ccccc1)c1ccccc1. The molecule has 132 valence electrons. The number of morpholine rings is 1. The number of nitrogens with zero attached hydrogens (tertiary/aromatic N) is 1. The molecule has 1 aliphatic heterocycles. The Bertz CT molecular complexity index is 645.